The highest BCUT2D eigenvalue weighted by Gasteiger charge is 2.18. The van der Waals surface area contributed by atoms with Crippen LogP contribution in [0.1, 0.15) is 38.6 Å². The van der Waals surface area contributed by atoms with Crippen LogP contribution in [0.5, 0.6) is 0 Å². The van der Waals surface area contributed by atoms with Crippen molar-refractivity contribution in [2.24, 2.45) is 0 Å². The van der Waals surface area contributed by atoms with Crippen LogP contribution >= 0.6 is 43.2 Å². The Labute approximate surface area is 129 Å². The predicted molar refractivity (Wildman–Crippen MR) is 85.9 cm³/mol. The van der Waals surface area contributed by atoms with E-state index >= 15 is 0 Å². The Morgan fingerprint density at radius 3 is 2.50 bits per heavy atom. The van der Waals surface area contributed by atoms with Crippen molar-refractivity contribution in [3.8, 4) is 0 Å². The summed E-state index contributed by atoms with van der Waals surface area (Å²) in [5, 5.41) is 0. The molecule has 0 spiro atoms. The summed E-state index contributed by atoms with van der Waals surface area (Å²) < 4.78 is 1.14. The quantitative estimate of drug-likeness (QED) is 0.566. The minimum absolute atomic E-state index is 0.334. The average molecular weight is 386 g/mol. The van der Waals surface area contributed by atoms with Crippen LogP contribution in [0.25, 0.3) is 0 Å². The fraction of sp³-hybridized carbons (Fsp3) is 0.333. The molecule has 2 aromatic rings. The lowest BCUT2D eigenvalue weighted by atomic mass is 9.99. The van der Waals surface area contributed by atoms with Gasteiger partial charge in [-0.25, -0.2) is 0 Å². The minimum Gasteiger partial charge on any atom is -0.144 e. The van der Waals surface area contributed by atoms with Crippen molar-refractivity contribution in [3.63, 3.8) is 0 Å². The first kappa shape index (κ1) is 12.9. The van der Waals surface area contributed by atoms with Gasteiger partial charge in [-0.15, -0.1) is 11.3 Å². The Kier molecular flexibility index (Phi) is 3.92. The van der Waals surface area contributed by atoms with Gasteiger partial charge in [-0.3, -0.25) is 0 Å². The molecule has 1 aromatic carbocycles. The molecule has 1 aliphatic rings. The van der Waals surface area contributed by atoms with Gasteiger partial charge < -0.3 is 0 Å². The van der Waals surface area contributed by atoms with Gasteiger partial charge in [0.25, 0.3) is 0 Å². The van der Waals surface area contributed by atoms with E-state index in [0.29, 0.717) is 4.83 Å². The van der Waals surface area contributed by atoms with Crippen LogP contribution in [0, 0.1) is 0 Å². The maximum absolute atomic E-state index is 3.84. The van der Waals surface area contributed by atoms with E-state index in [2.05, 4.69) is 62.2 Å². The van der Waals surface area contributed by atoms with Crippen molar-refractivity contribution in [1.29, 1.82) is 0 Å². The van der Waals surface area contributed by atoms with Gasteiger partial charge in [0, 0.05) is 14.2 Å². The summed E-state index contributed by atoms with van der Waals surface area (Å²) in [6, 6.07) is 11.0. The summed E-state index contributed by atoms with van der Waals surface area (Å²) in [5.41, 5.74) is 2.92. The van der Waals surface area contributed by atoms with Gasteiger partial charge in [-0.2, -0.15) is 0 Å². The average Bonchev–Trinajstić information content (AvgIpc) is 2.82. The van der Waals surface area contributed by atoms with E-state index in [1.807, 2.05) is 11.3 Å². The second-order valence-electron chi connectivity index (χ2n) is 4.72. The van der Waals surface area contributed by atoms with E-state index < -0.39 is 0 Å². The number of fused-ring (bicyclic) bond motifs is 1. The molecule has 18 heavy (non-hydrogen) atoms. The third kappa shape index (κ3) is 2.59. The molecule has 0 amide bonds. The van der Waals surface area contributed by atoms with Crippen LogP contribution in [-0.4, -0.2) is 0 Å². The Bertz CT molecular complexity index is 519. The topological polar surface area (TPSA) is 0 Å². The van der Waals surface area contributed by atoms with Crippen LogP contribution in [0.2, 0.25) is 0 Å². The molecule has 1 aliphatic carbocycles. The van der Waals surface area contributed by atoms with Crippen LogP contribution in [0.4, 0.5) is 0 Å². The molecular weight excluding hydrogens is 372 g/mol. The largest absolute Gasteiger partial charge is 0.144 e. The van der Waals surface area contributed by atoms with Gasteiger partial charge >= 0.3 is 0 Å². The number of rotatable bonds is 2. The summed E-state index contributed by atoms with van der Waals surface area (Å²) in [6.45, 7) is 0. The number of hydrogen-bond acceptors (Lipinski definition) is 1. The fourth-order valence-corrected chi connectivity index (χ4v) is 4.68. The van der Waals surface area contributed by atoms with Crippen molar-refractivity contribution in [1.82, 2.24) is 0 Å². The normalized spacial score (nSPS) is 16.3. The highest BCUT2D eigenvalue weighted by molar-refractivity contribution is 9.10. The molecule has 1 aromatic heterocycles. The molecule has 0 N–H and O–H groups in total. The van der Waals surface area contributed by atoms with Gasteiger partial charge in [-0.05, 0) is 55.0 Å². The Morgan fingerprint density at radius 1 is 1.06 bits per heavy atom. The highest BCUT2D eigenvalue weighted by Crippen LogP contribution is 2.39. The van der Waals surface area contributed by atoms with E-state index in [4.69, 9.17) is 0 Å². The summed E-state index contributed by atoms with van der Waals surface area (Å²) in [4.78, 5) is 3.39. The van der Waals surface area contributed by atoms with Gasteiger partial charge in [0.2, 0.25) is 0 Å². The molecule has 0 saturated carbocycles. The molecular formula is C15H14Br2S. The standard InChI is InChI=1S/C15H14Br2S/c16-12-7-5-10(6-8-12)15(17)14-9-11-3-1-2-4-13(11)18-14/h5-9,15H,1-4H2. The predicted octanol–water partition coefficient (Wildman–Crippen LogP) is 5.87. The maximum atomic E-state index is 3.84. The van der Waals surface area contributed by atoms with Crippen LogP contribution < -0.4 is 0 Å². The van der Waals surface area contributed by atoms with Crippen LogP contribution in [-0.2, 0) is 12.8 Å². The summed E-state index contributed by atoms with van der Waals surface area (Å²) >= 11 is 9.31. The summed E-state index contributed by atoms with van der Waals surface area (Å²) in [7, 11) is 0. The number of halogens is 2. The lowest BCUT2D eigenvalue weighted by Crippen LogP contribution is -1.96. The third-order valence-corrected chi connectivity index (χ3v) is 6.58. The van der Waals surface area contributed by atoms with Gasteiger partial charge in [0.15, 0.2) is 0 Å². The molecule has 3 heteroatoms. The number of aryl methyl sites for hydroxylation is 2. The molecule has 94 valence electrons. The smallest absolute Gasteiger partial charge is 0.0738 e. The zero-order valence-corrected chi connectivity index (χ0v) is 13.9. The molecule has 0 fully saturated rings. The second-order valence-corrected chi connectivity index (χ2v) is 7.72. The fourth-order valence-electron chi connectivity index (χ4n) is 2.43. The molecule has 0 bridgehead atoms. The van der Waals surface area contributed by atoms with E-state index in [1.165, 1.54) is 36.1 Å². The first-order valence-corrected chi connectivity index (χ1v) is 8.77. The lowest BCUT2D eigenvalue weighted by Gasteiger charge is -2.08. The van der Waals surface area contributed by atoms with E-state index in [0.717, 1.165) is 4.47 Å². The SMILES string of the molecule is Brc1ccc(C(Br)c2cc3c(s2)CCCC3)cc1. The molecule has 0 saturated heterocycles. The first-order valence-electron chi connectivity index (χ1n) is 6.25. The third-order valence-electron chi connectivity index (χ3n) is 3.43. The van der Waals surface area contributed by atoms with Crippen molar-refractivity contribution in [3.05, 3.63) is 55.7 Å². The minimum atomic E-state index is 0.334. The molecule has 1 atom stereocenters. The molecule has 3 rings (SSSR count). The summed E-state index contributed by atoms with van der Waals surface area (Å²) in [6.07, 6.45) is 5.26. The highest BCUT2D eigenvalue weighted by atomic mass is 79.9. The number of hydrogen-bond donors (Lipinski definition) is 0. The monoisotopic (exact) mass is 384 g/mol. The van der Waals surface area contributed by atoms with Crippen molar-refractivity contribution < 1.29 is 0 Å². The number of thiophene rings is 1. The van der Waals surface area contributed by atoms with Crippen molar-refractivity contribution >= 4 is 43.2 Å². The summed E-state index contributed by atoms with van der Waals surface area (Å²) in [5.74, 6) is 0. The molecule has 0 nitrogen and oxygen atoms in total. The molecule has 1 heterocycles. The van der Waals surface area contributed by atoms with E-state index in [-0.39, 0.29) is 0 Å². The lowest BCUT2D eigenvalue weighted by molar-refractivity contribution is 0.697. The second kappa shape index (κ2) is 5.48. The van der Waals surface area contributed by atoms with E-state index in [1.54, 1.807) is 10.4 Å². The number of alkyl halides is 1. The van der Waals surface area contributed by atoms with Crippen molar-refractivity contribution in [2.75, 3.05) is 0 Å². The van der Waals surface area contributed by atoms with Gasteiger partial charge in [0.05, 0.1) is 4.83 Å². The Hall–Kier alpha value is -0.120. The molecule has 0 aliphatic heterocycles. The van der Waals surface area contributed by atoms with Gasteiger partial charge in [0.1, 0.15) is 0 Å². The zero-order chi connectivity index (χ0) is 12.5. The maximum Gasteiger partial charge on any atom is 0.0738 e. The molecule has 1 unspecified atom stereocenters. The van der Waals surface area contributed by atoms with Crippen LogP contribution in [0.15, 0.2) is 34.8 Å². The number of benzene rings is 1. The molecule has 0 radical (unpaired) electrons. The van der Waals surface area contributed by atoms with Gasteiger partial charge in [-0.1, -0.05) is 44.0 Å². The Morgan fingerprint density at radius 2 is 1.78 bits per heavy atom. The van der Waals surface area contributed by atoms with Crippen molar-refractivity contribution in [2.45, 2.75) is 30.5 Å². The Balaban J connectivity index is 1.89. The first-order chi connectivity index (χ1) is 8.74. The van der Waals surface area contributed by atoms with Crippen LogP contribution in [0.3, 0.4) is 0 Å². The zero-order valence-electron chi connectivity index (χ0n) is 9.96. The van der Waals surface area contributed by atoms with E-state index in [9.17, 15) is 0 Å².